The zero-order chi connectivity index (χ0) is 30.6. The monoisotopic (exact) mass is 631 g/mol. The Kier molecular flexibility index (Phi) is 7.25. The number of rotatable bonds is 5. The molecule has 5 heterocycles. The average molecular weight is 632 g/mol. The predicted octanol–water partition coefficient (Wildman–Crippen LogP) is 9.10. The first kappa shape index (κ1) is 28.7. The third kappa shape index (κ3) is 5.17. The van der Waals surface area contributed by atoms with Gasteiger partial charge in [-0.05, 0) is 71.4 Å². The summed E-state index contributed by atoms with van der Waals surface area (Å²) in [5, 5.41) is 14.4. The second-order valence-electron chi connectivity index (χ2n) is 11.4. The summed E-state index contributed by atoms with van der Waals surface area (Å²) in [5.74, 6) is -0.284. The second kappa shape index (κ2) is 11.1. The van der Waals surface area contributed by atoms with Crippen molar-refractivity contribution in [3.8, 4) is 11.3 Å². The second-order valence-corrected chi connectivity index (χ2v) is 13.3. The fourth-order valence-corrected chi connectivity index (χ4v) is 7.59. The van der Waals surface area contributed by atoms with Crippen LogP contribution >= 0.6 is 22.7 Å². The van der Waals surface area contributed by atoms with Gasteiger partial charge in [0.05, 0.1) is 17.4 Å². The molecule has 2 unspecified atom stereocenters. The molecule has 1 aromatic carbocycles. The van der Waals surface area contributed by atoms with Crippen LogP contribution in [-0.4, -0.2) is 31.2 Å². The Balaban J connectivity index is 1.31. The summed E-state index contributed by atoms with van der Waals surface area (Å²) in [6.07, 6.45) is 0.0785. The van der Waals surface area contributed by atoms with Crippen LogP contribution in [0.25, 0.3) is 23.0 Å². The largest absolute Gasteiger partial charge is 0.433 e. The number of amides is 1. The number of aromatic nitrogens is 3. The maximum absolute atomic E-state index is 14.3. The van der Waals surface area contributed by atoms with Gasteiger partial charge in [-0.2, -0.15) is 23.4 Å². The van der Waals surface area contributed by atoms with E-state index in [0.29, 0.717) is 5.56 Å². The van der Waals surface area contributed by atoms with Gasteiger partial charge < -0.3 is 0 Å². The van der Waals surface area contributed by atoms with Gasteiger partial charge in [0, 0.05) is 27.3 Å². The standard InChI is InChI=1S/C33H28F3N5OS2/c1-19(2)20-10-12-21(13-11-20)25-17-28(33(34,35)36)40-29(37-25)18-26(38-40)32(42)41-31(27-9-5-15-44-27)24-8-3-6-22(30(24)39-41)16-23-7-4-14-43-23/h4-5,7,9-19,24,31H,3,6,8H2,1-2H3/b22-16+. The quantitative estimate of drug-likeness (QED) is 0.194. The SMILES string of the molecule is CC(C)c1ccc(-c2cc(C(F)(F)F)n3nc(C(=O)N4N=C5/C(=C/c6cccs6)CCCC5C4c4cccs4)cc3n2)cc1. The normalized spacial score (nSPS) is 19.6. The highest BCUT2D eigenvalue weighted by atomic mass is 32.1. The molecule has 1 aliphatic heterocycles. The first-order valence-electron chi connectivity index (χ1n) is 14.5. The first-order valence-corrected chi connectivity index (χ1v) is 16.2. The third-order valence-corrected chi connectivity index (χ3v) is 9.98. The number of allylic oxidation sites excluding steroid dienone is 1. The minimum atomic E-state index is -4.72. The highest BCUT2D eigenvalue weighted by molar-refractivity contribution is 7.11. The number of nitrogens with zero attached hydrogens (tertiary/aromatic N) is 5. The Labute approximate surface area is 260 Å². The summed E-state index contributed by atoms with van der Waals surface area (Å²) in [4.78, 5) is 20.7. The lowest BCUT2D eigenvalue weighted by atomic mass is 9.79. The highest BCUT2D eigenvalue weighted by Gasteiger charge is 2.45. The number of benzene rings is 1. The van der Waals surface area contributed by atoms with Crippen LogP contribution in [0.1, 0.15) is 76.6 Å². The number of carbonyl (C=O) groups excluding carboxylic acids is 1. The van der Waals surface area contributed by atoms with Crippen LogP contribution in [-0.2, 0) is 6.18 Å². The summed E-state index contributed by atoms with van der Waals surface area (Å²) < 4.78 is 43.7. The number of hydrogen-bond donors (Lipinski definition) is 0. The van der Waals surface area contributed by atoms with Gasteiger partial charge in [-0.1, -0.05) is 50.2 Å². The van der Waals surface area contributed by atoms with E-state index in [2.05, 4.69) is 30.0 Å². The Morgan fingerprint density at radius 3 is 2.50 bits per heavy atom. The molecule has 2 aliphatic rings. The van der Waals surface area contributed by atoms with Crippen molar-refractivity contribution in [2.45, 2.75) is 51.2 Å². The number of alkyl halides is 3. The van der Waals surface area contributed by atoms with Crippen molar-refractivity contribution >= 4 is 46.0 Å². The molecule has 1 aliphatic carbocycles. The van der Waals surface area contributed by atoms with E-state index in [1.165, 1.54) is 11.1 Å². The summed E-state index contributed by atoms with van der Waals surface area (Å²) in [5.41, 5.74) is 2.54. The molecule has 1 saturated carbocycles. The van der Waals surface area contributed by atoms with Crippen LogP contribution in [0.5, 0.6) is 0 Å². The van der Waals surface area contributed by atoms with Crippen LogP contribution in [0.2, 0.25) is 0 Å². The van der Waals surface area contributed by atoms with Crippen molar-refractivity contribution in [1.29, 1.82) is 0 Å². The Hall–Kier alpha value is -4.09. The molecule has 0 radical (unpaired) electrons. The molecule has 0 saturated heterocycles. The maximum Gasteiger partial charge on any atom is 0.433 e. The van der Waals surface area contributed by atoms with E-state index in [4.69, 9.17) is 5.10 Å². The van der Waals surface area contributed by atoms with E-state index < -0.39 is 17.8 Å². The summed E-state index contributed by atoms with van der Waals surface area (Å²) in [7, 11) is 0. The zero-order valence-corrected chi connectivity index (χ0v) is 25.6. The maximum atomic E-state index is 14.3. The van der Waals surface area contributed by atoms with Gasteiger partial charge in [-0.25, -0.2) is 14.5 Å². The highest BCUT2D eigenvalue weighted by Crippen LogP contribution is 2.46. The van der Waals surface area contributed by atoms with Crippen LogP contribution in [0, 0.1) is 5.92 Å². The smallest absolute Gasteiger partial charge is 0.265 e. The van der Waals surface area contributed by atoms with Gasteiger partial charge in [-0.15, -0.1) is 22.7 Å². The van der Waals surface area contributed by atoms with Crippen LogP contribution in [0.15, 0.2) is 82.1 Å². The third-order valence-electron chi connectivity index (χ3n) is 8.21. The summed E-state index contributed by atoms with van der Waals surface area (Å²) in [6, 6.07) is 17.2. The molecular weight excluding hydrogens is 604 g/mol. The van der Waals surface area contributed by atoms with E-state index in [1.807, 2.05) is 47.2 Å². The molecule has 44 heavy (non-hydrogen) atoms. The summed E-state index contributed by atoms with van der Waals surface area (Å²) in [6.45, 7) is 4.10. The van der Waals surface area contributed by atoms with Crippen molar-refractivity contribution < 1.29 is 18.0 Å². The lowest BCUT2D eigenvalue weighted by Gasteiger charge is -2.28. The molecule has 7 rings (SSSR count). The molecule has 4 aromatic heterocycles. The minimum Gasteiger partial charge on any atom is -0.265 e. The van der Waals surface area contributed by atoms with E-state index in [9.17, 15) is 18.0 Å². The molecule has 224 valence electrons. The Morgan fingerprint density at radius 2 is 1.82 bits per heavy atom. The van der Waals surface area contributed by atoms with Gasteiger partial charge in [0.2, 0.25) is 0 Å². The van der Waals surface area contributed by atoms with Crippen molar-refractivity contribution in [2.75, 3.05) is 0 Å². The number of fused-ring (bicyclic) bond motifs is 2. The number of carbonyl (C=O) groups is 1. The predicted molar refractivity (Wildman–Crippen MR) is 168 cm³/mol. The fourth-order valence-electron chi connectivity index (χ4n) is 6.04. The van der Waals surface area contributed by atoms with Crippen LogP contribution < -0.4 is 0 Å². The molecular formula is C33H28F3N5OS2. The molecule has 0 spiro atoms. The van der Waals surface area contributed by atoms with Gasteiger partial charge in [0.25, 0.3) is 5.91 Å². The molecule has 2 atom stereocenters. The topological polar surface area (TPSA) is 62.9 Å². The lowest BCUT2D eigenvalue weighted by Crippen LogP contribution is -2.31. The van der Waals surface area contributed by atoms with Gasteiger partial charge in [0.15, 0.2) is 17.0 Å². The molecule has 5 aromatic rings. The molecule has 0 bridgehead atoms. The van der Waals surface area contributed by atoms with Crippen molar-refractivity contribution in [3.63, 3.8) is 0 Å². The lowest BCUT2D eigenvalue weighted by molar-refractivity contribution is -0.142. The Morgan fingerprint density at radius 1 is 1.05 bits per heavy atom. The van der Waals surface area contributed by atoms with Crippen LogP contribution in [0.4, 0.5) is 13.2 Å². The van der Waals surface area contributed by atoms with Crippen molar-refractivity contribution in [2.24, 2.45) is 11.0 Å². The molecule has 0 N–H and O–H groups in total. The van der Waals surface area contributed by atoms with Crippen LogP contribution in [0.3, 0.4) is 0 Å². The molecule has 1 amide bonds. The molecule has 6 nitrogen and oxygen atoms in total. The summed E-state index contributed by atoms with van der Waals surface area (Å²) >= 11 is 3.18. The first-order chi connectivity index (χ1) is 21.2. The molecule has 11 heteroatoms. The van der Waals surface area contributed by atoms with E-state index in [1.54, 1.807) is 34.8 Å². The zero-order valence-electron chi connectivity index (χ0n) is 24.0. The Bertz CT molecular complexity index is 1890. The number of hydrogen-bond acceptors (Lipinski definition) is 6. The minimum absolute atomic E-state index is 0.0149. The van der Waals surface area contributed by atoms with Gasteiger partial charge in [0.1, 0.15) is 0 Å². The molecule has 1 fully saturated rings. The number of halogens is 3. The fraction of sp³-hybridized carbons (Fsp3) is 0.273. The average Bonchev–Trinajstić information content (AvgIpc) is 3.82. The van der Waals surface area contributed by atoms with Gasteiger partial charge >= 0.3 is 6.18 Å². The van der Waals surface area contributed by atoms with Crippen molar-refractivity contribution in [3.05, 3.63) is 104 Å². The van der Waals surface area contributed by atoms with E-state index >= 15 is 0 Å². The van der Waals surface area contributed by atoms with E-state index in [-0.39, 0.29) is 34.9 Å². The van der Waals surface area contributed by atoms with Crippen molar-refractivity contribution in [1.82, 2.24) is 19.6 Å². The van der Waals surface area contributed by atoms with E-state index in [0.717, 1.165) is 56.4 Å². The van der Waals surface area contributed by atoms with Gasteiger partial charge in [-0.3, -0.25) is 4.79 Å². The number of thiophene rings is 2. The number of hydrazone groups is 1.